The number of ether oxygens (including phenoxy) is 2. The molecular weight excluding hydrogens is 969 g/mol. The molecule has 2 heterocycles. The SMILES string of the molecule is CN[C@@H](C)C(=O)NC(C(=O)N1C[C@@H](O)C[C@H]1C(=O)N[C@@H]1CCCc2c(OC/C=C/COc3cccc4c3CCC[C@H]4NC(=O)[C@@H]3C[C@H](O)CN3C(=O)[C@@H](NC(=O)[C@H](C)NC)C3CCCCC3)cccc21)C1CCCCC1. The molecule has 8 N–H and O–H groups in total. The number of aliphatic hydroxyl groups is 2. The first-order chi connectivity index (χ1) is 36.8. The van der Waals surface area contributed by atoms with Gasteiger partial charge in [-0.05, 0) is 151 Å². The standard InChI is InChI=1S/C58H84N8O10/c1-35(59-3)53(69)63-51(37-17-7-5-8-18-37)57(73)65-33-39(67)31-47(65)55(71)61-45-25-13-23-43-41(45)21-15-27-49(43)75-29-11-12-30-76-50-28-16-22-42-44(50)24-14-26-46(42)62-56(72)48-32-40(68)34-66(48)58(74)52(38-19-9-6-10-20-38)64-54(70)36(2)60-4/h11-12,15-16,21-22,27-28,35-40,45-48,51-52,59-60,67-68H,5-10,13-14,17-20,23-26,29-34H2,1-4H3,(H,61,71)(H,62,72)(H,63,69)(H,64,70)/b12-11+/t35-,36-,39-,40-,45+,46+,47-,48-,51-,52?/m0/s1. The summed E-state index contributed by atoms with van der Waals surface area (Å²) in [5.74, 6) is -0.419. The van der Waals surface area contributed by atoms with Crippen LogP contribution in [0.15, 0.2) is 48.6 Å². The van der Waals surface area contributed by atoms with Crippen LogP contribution in [0.4, 0.5) is 0 Å². The Bertz CT molecular complexity index is 2230. The zero-order chi connectivity index (χ0) is 53.9. The van der Waals surface area contributed by atoms with E-state index in [0.29, 0.717) is 26.1 Å². The van der Waals surface area contributed by atoms with Gasteiger partial charge in [0.15, 0.2) is 0 Å². The zero-order valence-electron chi connectivity index (χ0n) is 45.2. The molecule has 1 unspecified atom stereocenters. The lowest BCUT2D eigenvalue weighted by Crippen LogP contribution is -2.58. The molecule has 8 rings (SSSR count). The van der Waals surface area contributed by atoms with Crippen molar-refractivity contribution in [2.75, 3.05) is 40.4 Å². The molecule has 10 atom stereocenters. The number of β-amino-alcohol motifs (C(OH)–C–C–N with tert-alkyl or cyclic N) is 2. The summed E-state index contributed by atoms with van der Waals surface area (Å²) < 4.78 is 12.6. The van der Waals surface area contributed by atoms with Crippen molar-refractivity contribution >= 4 is 35.4 Å². The first-order valence-electron chi connectivity index (χ1n) is 28.4. The Hall–Kier alpha value is -5.56. The summed E-state index contributed by atoms with van der Waals surface area (Å²) in [6.07, 6.45) is 16.3. The summed E-state index contributed by atoms with van der Waals surface area (Å²) >= 11 is 0. The fourth-order valence-electron chi connectivity index (χ4n) is 12.6. The van der Waals surface area contributed by atoms with Crippen molar-refractivity contribution in [1.29, 1.82) is 0 Å². The van der Waals surface area contributed by atoms with E-state index in [1.54, 1.807) is 27.9 Å². The van der Waals surface area contributed by atoms with E-state index in [-0.39, 0.29) is 85.3 Å². The summed E-state index contributed by atoms with van der Waals surface area (Å²) in [4.78, 5) is 86.1. The van der Waals surface area contributed by atoms with Gasteiger partial charge in [-0.25, -0.2) is 0 Å². The number of amides is 6. The minimum atomic E-state index is -0.866. The van der Waals surface area contributed by atoms with Gasteiger partial charge in [0, 0.05) is 25.9 Å². The van der Waals surface area contributed by atoms with Crippen molar-refractivity contribution in [2.24, 2.45) is 11.8 Å². The lowest BCUT2D eigenvalue weighted by Gasteiger charge is -2.35. The van der Waals surface area contributed by atoms with Gasteiger partial charge < -0.3 is 61.4 Å². The molecule has 2 aromatic rings. The fourth-order valence-corrected chi connectivity index (χ4v) is 12.6. The van der Waals surface area contributed by atoms with Crippen molar-refractivity contribution < 1.29 is 48.5 Å². The number of hydrogen-bond acceptors (Lipinski definition) is 12. The summed E-state index contributed by atoms with van der Waals surface area (Å²) in [5.41, 5.74) is 3.98. The number of nitrogens with zero attached hydrogens (tertiary/aromatic N) is 2. The highest BCUT2D eigenvalue weighted by atomic mass is 16.5. The van der Waals surface area contributed by atoms with Crippen LogP contribution in [0.5, 0.6) is 11.5 Å². The largest absolute Gasteiger partial charge is 0.489 e. The molecule has 0 spiro atoms. The maximum atomic E-state index is 14.3. The number of carbonyl (C=O) groups excluding carboxylic acids is 6. The van der Waals surface area contributed by atoms with Crippen LogP contribution in [-0.4, -0.2) is 144 Å². The van der Waals surface area contributed by atoms with Crippen LogP contribution >= 0.6 is 0 Å². The molecule has 4 aliphatic carbocycles. The Morgan fingerprint density at radius 1 is 0.579 bits per heavy atom. The van der Waals surface area contributed by atoms with E-state index < -0.39 is 48.5 Å². The summed E-state index contributed by atoms with van der Waals surface area (Å²) in [7, 11) is 3.39. The minimum Gasteiger partial charge on any atom is -0.489 e. The lowest BCUT2D eigenvalue weighted by molar-refractivity contribution is -0.143. The van der Waals surface area contributed by atoms with E-state index in [1.807, 2.05) is 48.6 Å². The number of aliphatic hydroxyl groups excluding tert-OH is 2. The van der Waals surface area contributed by atoms with Gasteiger partial charge >= 0.3 is 0 Å². The molecule has 2 aliphatic heterocycles. The molecule has 4 fully saturated rings. The topological polar surface area (TPSA) is 240 Å². The zero-order valence-corrected chi connectivity index (χ0v) is 45.2. The smallest absolute Gasteiger partial charge is 0.246 e. The highest BCUT2D eigenvalue weighted by Crippen LogP contribution is 2.38. The molecule has 2 saturated heterocycles. The van der Waals surface area contributed by atoms with Crippen LogP contribution < -0.4 is 41.4 Å². The summed E-state index contributed by atoms with van der Waals surface area (Å²) in [6.45, 7) is 4.14. The molecule has 6 aliphatic rings. The van der Waals surface area contributed by atoms with Gasteiger partial charge in [-0.15, -0.1) is 0 Å². The van der Waals surface area contributed by atoms with E-state index in [9.17, 15) is 39.0 Å². The first-order valence-corrected chi connectivity index (χ1v) is 28.4. The van der Waals surface area contributed by atoms with E-state index in [2.05, 4.69) is 31.9 Å². The minimum absolute atomic E-state index is 0.0316. The Kier molecular flexibility index (Phi) is 19.9. The van der Waals surface area contributed by atoms with E-state index in [1.165, 1.54) is 9.80 Å². The van der Waals surface area contributed by atoms with E-state index in [0.717, 1.165) is 124 Å². The van der Waals surface area contributed by atoms with Gasteiger partial charge in [-0.2, -0.15) is 0 Å². The Labute approximate surface area is 448 Å². The average Bonchev–Trinajstić information content (AvgIpc) is 4.04. The highest BCUT2D eigenvalue weighted by molar-refractivity contribution is 5.95. The molecule has 6 amide bonds. The average molecular weight is 1050 g/mol. The Morgan fingerprint density at radius 2 is 0.974 bits per heavy atom. The quantitative estimate of drug-likeness (QED) is 0.0881. The van der Waals surface area contributed by atoms with Crippen molar-refractivity contribution in [2.45, 2.75) is 190 Å². The number of hydrogen-bond donors (Lipinski definition) is 8. The van der Waals surface area contributed by atoms with Gasteiger partial charge in [-0.1, -0.05) is 62.8 Å². The molecule has 0 radical (unpaired) electrons. The second-order valence-corrected chi connectivity index (χ2v) is 22.2. The molecule has 18 nitrogen and oxygen atoms in total. The second kappa shape index (κ2) is 26.7. The summed E-state index contributed by atoms with van der Waals surface area (Å²) in [6, 6.07) is 6.87. The first kappa shape index (κ1) is 56.6. The number of benzene rings is 2. The third-order valence-corrected chi connectivity index (χ3v) is 17.2. The van der Waals surface area contributed by atoms with Crippen LogP contribution in [0, 0.1) is 11.8 Å². The van der Waals surface area contributed by atoms with Crippen molar-refractivity contribution in [3.05, 3.63) is 70.8 Å². The molecule has 0 bridgehead atoms. The third-order valence-electron chi connectivity index (χ3n) is 17.2. The van der Waals surface area contributed by atoms with Crippen LogP contribution in [0.2, 0.25) is 0 Å². The number of carbonyl (C=O) groups is 6. The fraction of sp³-hybridized carbons (Fsp3) is 0.655. The van der Waals surface area contributed by atoms with Gasteiger partial charge in [-0.3, -0.25) is 28.8 Å². The van der Waals surface area contributed by atoms with Gasteiger partial charge in [0.25, 0.3) is 0 Å². The predicted octanol–water partition coefficient (Wildman–Crippen LogP) is 3.96. The second-order valence-electron chi connectivity index (χ2n) is 22.2. The normalized spacial score (nSPS) is 25.6. The molecular formula is C58H84N8O10. The van der Waals surface area contributed by atoms with Gasteiger partial charge in [0.2, 0.25) is 35.4 Å². The Balaban J connectivity index is 0.851. The predicted molar refractivity (Wildman–Crippen MR) is 287 cm³/mol. The highest BCUT2D eigenvalue weighted by Gasteiger charge is 2.46. The van der Waals surface area contributed by atoms with Crippen LogP contribution in [0.25, 0.3) is 0 Å². The van der Waals surface area contributed by atoms with Crippen molar-refractivity contribution in [1.82, 2.24) is 41.7 Å². The van der Waals surface area contributed by atoms with Crippen LogP contribution in [0.1, 0.15) is 151 Å². The van der Waals surface area contributed by atoms with Crippen LogP contribution in [0.3, 0.4) is 0 Å². The molecule has 0 aromatic heterocycles. The van der Waals surface area contributed by atoms with Gasteiger partial charge in [0.05, 0.1) is 36.4 Å². The molecule has 2 aromatic carbocycles. The monoisotopic (exact) mass is 1050 g/mol. The summed E-state index contributed by atoms with van der Waals surface area (Å²) in [5, 5.41) is 40.0. The molecule has 2 saturated carbocycles. The number of likely N-dealkylation sites (N-methyl/N-ethyl adjacent to an activating group) is 2. The lowest BCUT2D eigenvalue weighted by atomic mass is 9.83. The number of rotatable bonds is 20. The maximum Gasteiger partial charge on any atom is 0.246 e. The number of likely N-dealkylation sites (tertiary alicyclic amines) is 2. The van der Waals surface area contributed by atoms with E-state index in [4.69, 9.17) is 9.47 Å². The van der Waals surface area contributed by atoms with Gasteiger partial charge in [0.1, 0.15) is 48.9 Å². The molecule has 18 heteroatoms. The third kappa shape index (κ3) is 13.6. The van der Waals surface area contributed by atoms with Crippen molar-refractivity contribution in [3.8, 4) is 11.5 Å². The molecule has 76 heavy (non-hydrogen) atoms. The maximum absolute atomic E-state index is 14.3. The van der Waals surface area contributed by atoms with Crippen molar-refractivity contribution in [3.63, 3.8) is 0 Å². The Morgan fingerprint density at radius 3 is 1.36 bits per heavy atom. The van der Waals surface area contributed by atoms with E-state index >= 15 is 0 Å². The van der Waals surface area contributed by atoms with Crippen LogP contribution in [-0.2, 0) is 41.6 Å². The number of fused-ring (bicyclic) bond motifs is 2. The molecule has 416 valence electrons. The number of nitrogens with one attached hydrogen (secondary N) is 6.